The van der Waals surface area contributed by atoms with Crippen LogP contribution in [0.5, 0.6) is 0 Å². The standard InChI is InChI=1S/C10H18O6S/c1-3-4-6-16-10(12)8-17(13,14)7-5-9(11)15-2/h3-8H2,1-2H3. The van der Waals surface area contributed by atoms with E-state index in [4.69, 9.17) is 4.74 Å². The van der Waals surface area contributed by atoms with Crippen molar-refractivity contribution < 1.29 is 27.5 Å². The third kappa shape index (κ3) is 8.67. The maximum atomic E-state index is 11.4. The van der Waals surface area contributed by atoms with Crippen molar-refractivity contribution in [2.75, 3.05) is 25.2 Å². The van der Waals surface area contributed by atoms with E-state index in [2.05, 4.69) is 4.74 Å². The van der Waals surface area contributed by atoms with Crippen LogP contribution in [0.2, 0.25) is 0 Å². The van der Waals surface area contributed by atoms with Crippen molar-refractivity contribution >= 4 is 21.8 Å². The molecule has 0 fully saturated rings. The van der Waals surface area contributed by atoms with Crippen molar-refractivity contribution in [1.82, 2.24) is 0 Å². The predicted octanol–water partition coefficient (Wildman–Crippen LogP) is 0.308. The topological polar surface area (TPSA) is 86.7 Å². The molecule has 0 unspecified atom stereocenters. The van der Waals surface area contributed by atoms with Gasteiger partial charge in [-0.15, -0.1) is 0 Å². The van der Waals surface area contributed by atoms with Crippen LogP contribution in [0, 0.1) is 0 Å². The highest BCUT2D eigenvalue weighted by atomic mass is 32.2. The lowest BCUT2D eigenvalue weighted by Gasteiger charge is -2.04. The molecular weight excluding hydrogens is 248 g/mol. The Kier molecular flexibility index (Phi) is 7.53. The predicted molar refractivity (Wildman–Crippen MR) is 61.2 cm³/mol. The second-order valence-electron chi connectivity index (χ2n) is 3.49. The van der Waals surface area contributed by atoms with Gasteiger partial charge in [-0.05, 0) is 6.42 Å². The van der Waals surface area contributed by atoms with E-state index in [-0.39, 0.29) is 13.0 Å². The molecule has 0 aliphatic carbocycles. The minimum Gasteiger partial charge on any atom is -0.469 e. The van der Waals surface area contributed by atoms with Crippen LogP contribution in [0.15, 0.2) is 0 Å². The molecule has 0 amide bonds. The van der Waals surface area contributed by atoms with E-state index in [1.807, 2.05) is 6.92 Å². The van der Waals surface area contributed by atoms with E-state index in [0.29, 0.717) is 6.42 Å². The van der Waals surface area contributed by atoms with Crippen molar-refractivity contribution in [3.8, 4) is 0 Å². The van der Waals surface area contributed by atoms with Crippen LogP contribution in [-0.2, 0) is 28.9 Å². The molecule has 0 heterocycles. The minimum absolute atomic E-state index is 0.224. The molecule has 0 atom stereocenters. The summed E-state index contributed by atoms with van der Waals surface area (Å²) in [4.78, 5) is 21.9. The molecular formula is C10H18O6S. The lowest BCUT2D eigenvalue weighted by Crippen LogP contribution is -2.22. The Bertz CT molecular complexity index is 346. The third-order valence-corrected chi connectivity index (χ3v) is 3.45. The van der Waals surface area contributed by atoms with Gasteiger partial charge in [-0.25, -0.2) is 8.42 Å². The van der Waals surface area contributed by atoms with Crippen molar-refractivity contribution in [2.45, 2.75) is 26.2 Å². The summed E-state index contributed by atoms with van der Waals surface area (Å²) in [6.45, 7) is 2.16. The zero-order valence-corrected chi connectivity index (χ0v) is 10.9. The van der Waals surface area contributed by atoms with Crippen LogP contribution in [0.3, 0.4) is 0 Å². The van der Waals surface area contributed by atoms with Gasteiger partial charge in [-0.1, -0.05) is 13.3 Å². The number of methoxy groups -OCH3 is 1. The summed E-state index contributed by atoms with van der Waals surface area (Å²) in [5.41, 5.74) is 0. The number of carbonyl (C=O) groups is 2. The number of hydrogen-bond acceptors (Lipinski definition) is 6. The van der Waals surface area contributed by atoms with E-state index >= 15 is 0 Å². The molecule has 0 rings (SSSR count). The molecule has 0 aromatic carbocycles. The second kappa shape index (κ2) is 8.05. The van der Waals surface area contributed by atoms with E-state index in [9.17, 15) is 18.0 Å². The van der Waals surface area contributed by atoms with Crippen LogP contribution < -0.4 is 0 Å². The third-order valence-electron chi connectivity index (χ3n) is 1.94. The summed E-state index contributed by atoms with van der Waals surface area (Å²) >= 11 is 0. The molecule has 0 radical (unpaired) electrons. The van der Waals surface area contributed by atoms with Crippen molar-refractivity contribution in [3.63, 3.8) is 0 Å². The first-order valence-corrected chi connectivity index (χ1v) is 7.16. The van der Waals surface area contributed by atoms with Gasteiger partial charge in [0.1, 0.15) is 5.75 Å². The molecule has 0 spiro atoms. The van der Waals surface area contributed by atoms with Crippen LogP contribution in [-0.4, -0.2) is 45.6 Å². The van der Waals surface area contributed by atoms with Crippen LogP contribution in [0.25, 0.3) is 0 Å². The highest BCUT2D eigenvalue weighted by Crippen LogP contribution is 1.98. The van der Waals surface area contributed by atoms with Gasteiger partial charge in [-0.2, -0.15) is 0 Å². The maximum Gasteiger partial charge on any atom is 0.321 e. The molecule has 17 heavy (non-hydrogen) atoms. The lowest BCUT2D eigenvalue weighted by atomic mass is 10.4. The summed E-state index contributed by atoms with van der Waals surface area (Å²) in [5.74, 6) is -2.48. The highest BCUT2D eigenvalue weighted by molar-refractivity contribution is 7.92. The molecule has 0 aromatic rings. The molecule has 0 saturated carbocycles. The van der Waals surface area contributed by atoms with Gasteiger partial charge < -0.3 is 9.47 Å². The summed E-state index contributed by atoms with van der Waals surface area (Å²) in [7, 11) is -2.42. The van der Waals surface area contributed by atoms with Gasteiger partial charge in [0, 0.05) is 0 Å². The second-order valence-corrected chi connectivity index (χ2v) is 5.68. The lowest BCUT2D eigenvalue weighted by molar-refractivity contribution is -0.141. The van der Waals surface area contributed by atoms with Gasteiger partial charge in [0.25, 0.3) is 0 Å². The molecule has 100 valence electrons. The van der Waals surface area contributed by atoms with Gasteiger partial charge >= 0.3 is 11.9 Å². The van der Waals surface area contributed by atoms with Crippen LogP contribution >= 0.6 is 0 Å². The van der Waals surface area contributed by atoms with Crippen molar-refractivity contribution in [1.29, 1.82) is 0 Å². The van der Waals surface area contributed by atoms with Gasteiger partial charge in [0.15, 0.2) is 9.84 Å². The summed E-state index contributed by atoms with van der Waals surface area (Å²) in [6.07, 6.45) is 1.32. The number of rotatable bonds is 8. The Morgan fingerprint density at radius 1 is 1.18 bits per heavy atom. The number of carbonyl (C=O) groups excluding carboxylic acids is 2. The zero-order valence-electron chi connectivity index (χ0n) is 10.1. The summed E-state index contributed by atoms with van der Waals surface area (Å²) in [6, 6.07) is 0. The Morgan fingerprint density at radius 3 is 2.35 bits per heavy atom. The van der Waals surface area contributed by atoms with Gasteiger partial charge in [-0.3, -0.25) is 9.59 Å². The Balaban J connectivity index is 3.99. The Hall–Kier alpha value is -1.11. The maximum absolute atomic E-state index is 11.4. The number of hydrogen-bond donors (Lipinski definition) is 0. The number of esters is 2. The minimum atomic E-state index is -3.60. The van der Waals surface area contributed by atoms with Crippen LogP contribution in [0.1, 0.15) is 26.2 Å². The first kappa shape index (κ1) is 15.9. The molecule has 0 bridgehead atoms. The van der Waals surface area contributed by atoms with Crippen molar-refractivity contribution in [2.24, 2.45) is 0 Å². The van der Waals surface area contributed by atoms with Crippen molar-refractivity contribution in [3.05, 3.63) is 0 Å². The average Bonchev–Trinajstić information content (AvgIpc) is 2.25. The molecule has 0 aliphatic heterocycles. The first-order chi connectivity index (χ1) is 7.91. The number of unbranched alkanes of at least 4 members (excludes halogenated alkanes) is 1. The fourth-order valence-electron chi connectivity index (χ4n) is 0.965. The highest BCUT2D eigenvalue weighted by Gasteiger charge is 2.19. The average molecular weight is 266 g/mol. The molecule has 6 nitrogen and oxygen atoms in total. The largest absolute Gasteiger partial charge is 0.469 e. The monoisotopic (exact) mass is 266 g/mol. The van der Waals surface area contributed by atoms with E-state index in [1.165, 1.54) is 7.11 Å². The first-order valence-electron chi connectivity index (χ1n) is 5.34. The quantitative estimate of drug-likeness (QED) is 0.464. The number of sulfone groups is 1. The Labute approximate surface area is 101 Å². The molecule has 0 N–H and O–H groups in total. The molecule has 0 aromatic heterocycles. The van der Waals surface area contributed by atoms with Crippen LogP contribution in [0.4, 0.5) is 0 Å². The fraction of sp³-hybridized carbons (Fsp3) is 0.800. The van der Waals surface area contributed by atoms with Gasteiger partial charge in [0.2, 0.25) is 0 Å². The summed E-state index contributed by atoms with van der Waals surface area (Å²) in [5, 5.41) is 0. The fourth-order valence-corrected chi connectivity index (χ4v) is 2.03. The Morgan fingerprint density at radius 2 is 1.82 bits per heavy atom. The zero-order chi connectivity index (χ0) is 13.3. The SMILES string of the molecule is CCCCOC(=O)CS(=O)(=O)CCC(=O)OC. The van der Waals surface area contributed by atoms with E-state index < -0.39 is 33.3 Å². The molecule has 7 heteroatoms. The van der Waals surface area contributed by atoms with E-state index in [1.54, 1.807) is 0 Å². The normalized spacial score (nSPS) is 10.9. The number of ether oxygens (including phenoxy) is 2. The molecule has 0 aliphatic rings. The smallest absolute Gasteiger partial charge is 0.321 e. The molecule has 0 saturated heterocycles. The van der Waals surface area contributed by atoms with Gasteiger partial charge in [0.05, 0.1) is 25.9 Å². The summed E-state index contributed by atoms with van der Waals surface area (Å²) < 4.78 is 31.8. The van der Waals surface area contributed by atoms with E-state index in [0.717, 1.165) is 6.42 Å².